The maximum absolute atomic E-state index is 12.5. The van der Waals surface area contributed by atoms with Crippen LogP contribution in [-0.2, 0) is 14.3 Å². The summed E-state index contributed by atoms with van der Waals surface area (Å²) in [6.07, 6.45) is 14.1. The van der Waals surface area contributed by atoms with Crippen LogP contribution in [0.4, 0.5) is 5.69 Å². The number of hydrogen-bond donors (Lipinski definition) is 1. The molecule has 0 fully saturated rings. The summed E-state index contributed by atoms with van der Waals surface area (Å²) >= 11 is 6.61. The molecule has 0 aliphatic carbocycles. The number of halogens is 1. The van der Waals surface area contributed by atoms with Crippen LogP contribution in [0.2, 0.25) is 5.02 Å². The van der Waals surface area contributed by atoms with Crippen LogP contribution in [0, 0.1) is 0 Å². The van der Waals surface area contributed by atoms with Crippen molar-refractivity contribution in [2.75, 3.05) is 18.5 Å². The molecule has 0 saturated carbocycles. The van der Waals surface area contributed by atoms with Crippen molar-refractivity contribution in [3.05, 3.63) is 57.9 Å². The number of carbonyl (C=O) groups excluding carboxylic acids is 2. The van der Waals surface area contributed by atoms with E-state index in [9.17, 15) is 14.4 Å². The fourth-order valence-corrected chi connectivity index (χ4v) is 5.07. The van der Waals surface area contributed by atoms with Gasteiger partial charge in [-0.1, -0.05) is 88.8 Å². The van der Waals surface area contributed by atoms with Crippen molar-refractivity contribution in [3.8, 4) is 16.9 Å². The standard InChI is InChI=1S/C33H42ClNO6/c1-3-5-6-7-8-9-10-11-12-13-14-15-31(36)35-24-16-18-26(29(34)20-24)28-22-32(37)41-30-21-25(17-19-27(28)30)40-23-33(38)39-4-2/h16-22H,3-15,23H2,1-2H3,(H,35,36). The van der Waals surface area contributed by atoms with Crippen molar-refractivity contribution in [2.45, 2.75) is 90.9 Å². The number of fused-ring (bicyclic) bond motifs is 1. The van der Waals surface area contributed by atoms with Gasteiger partial charge in [-0.3, -0.25) is 4.79 Å². The Balaban J connectivity index is 1.52. The first-order valence-electron chi connectivity index (χ1n) is 14.9. The molecule has 0 unspecified atom stereocenters. The van der Waals surface area contributed by atoms with Gasteiger partial charge in [0.05, 0.1) is 11.6 Å². The third-order valence-electron chi connectivity index (χ3n) is 6.93. The zero-order chi connectivity index (χ0) is 29.5. The van der Waals surface area contributed by atoms with Crippen molar-refractivity contribution in [2.24, 2.45) is 0 Å². The van der Waals surface area contributed by atoms with E-state index in [0.29, 0.717) is 45.0 Å². The van der Waals surface area contributed by atoms with Gasteiger partial charge in [0.25, 0.3) is 0 Å². The van der Waals surface area contributed by atoms with Gasteiger partial charge in [0.2, 0.25) is 5.91 Å². The summed E-state index contributed by atoms with van der Waals surface area (Å²) in [7, 11) is 0. The Morgan fingerprint density at radius 3 is 2.17 bits per heavy atom. The molecule has 3 rings (SSSR count). The number of amides is 1. The number of nitrogens with one attached hydrogen (secondary N) is 1. The minimum Gasteiger partial charge on any atom is -0.482 e. The molecule has 3 aromatic rings. The van der Waals surface area contributed by atoms with Gasteiger partial charge in [-0.05, 0) is 37.6 Å². The van der Waals surface area contributed by atoms with E-state index < -0.39 is 11.6 Å². The van der Waals surface area contributed by atoms with Gasteiger partial charge in [0, 0.05) is 40.8 Å². The molecule has 222 valence electrons. The summed E-state index contributed by atoms with van der Waals surface area (Å²) in [4.78, 5) is 36.4. The molecule has 41 heavy (non-hydrogen) atoms. The highest BCUT2D eigenvalue weighted by Gasteiger charge is 2.14. The molecule has 0 saturated heterocycles. The van der Waals surface area contributed by atoms with Gasteiger partial charge in [-0.15, -0.1) is 0 Å². The van der Waals surface area contributed by atoms with Gasteiger partial charge in [0.1, 0.15) is 11.3 Å². The summed E-state index contributed by atoms with van der Waals surface area (Å²) in [6.45, 7) is 3.98. The molecule has 7 nitrogen and oxygen atoms in total. The molecule has 0 bridgehead atoms. The van der Waals surface area contributed by atoms with Crippen LogP contribution in [-0.4, -0.2) is 25.1 Å². The molecule has 1 heterocycles. The highest BCUT2D eigenvalue weighted by molar-refractivity contribution is 6.34. The molecule has 0 spiro atoms. The topological polar surface area (TPSA) is 94.8 Å². The Morgan fingerprint density at radius 1 is 0.829 bits per heavy atom. The fourth-order valence-electron chi connectivity index (χ4n) is 4.79. The lowest BCUT2D eigenvalue weighted by Gasteiger charge is -2.12. The minimum atomic E-state index is -0.546. The molecular formula is C33H42ClNO6. The lowest BCUT2D eigenvalue weighted by molar-refractivity contribution is -0.145. The molecule has 1 aromatic heterocycles. The second-order valence-electron chi connectivity index (χ2n) is 10.3. The smallest absolute Gasteiger partial charge is 0.344 e. The van der Waals surface area contributed by atoms with Crippen molar-refractivity contribution in [1.29, 1.82) is 0 Å². The number of ether oxygens (including phenoxy) is 2. The molecule has 8 heteroatoms. The summed E-state index contributed by atoms with van der Waals surface area (Å²) in [6, 6.07) is 11.6. The van der Waals surface area contributed by atoms with Crippen LogP contribution in [0.15, 0.2) is 51.7 Å². The zero-order valence-corrected chi connectivity index (χ0v) is 25.0. The predicted octanol–water partition coefficient (Wildman–Crippen LogP) is 8.69. The number of rotatable bonds is 18. The maximum atomic E-state index is 12.5. The molecule has 0 aliphatic rings. The number of benzene rings is 2. The second-order valence-corrected chi connectivity index (χ2v) is 10.7. The highest BCUT2D eigenvalue weighted by Crippen LogP contribution is 2.35. The predicted molar refractivity (Wildman–Crippen MR) is 165 cm³/mol. The highest BCUT2D eigenvalue weighted by atomic mass is 35.5. The SMILES string of the molecule is CCCCCCCCCCCCCC(=O)Nc1ccc(-c2cc(=O)oc3cc(OCC(=O)OCC)ccc23)c(Cl)c1. The largest absolute Gasteiger partial charge is 0.482 e. The van der Waals surface area contributed by atoms with Gasteiger partial charge < -0.3 is 19.2 Å². The Hall–Kier alpha value is -3.32. The van der Waals surface area contributed by atoms with Crippen molar-refractivity contribution in [1.82, 2.24) is 0 Å². The fraction of sp³-hybridized carbons (Fsp3) is 0.485. The Kier molecular flexibility index (Phi) is 13.7. The van der Waals surface area contributed by atoms with Crippen LogP contribution in [0.3, 0.4) is 0 Å². The van der Waals surface area contributed by atoms with Gasteiger partial charge in [-0.25, -0.2) is 9.59 Å². The van der Waals surface area contributed by atoms with Crippen molar-refractivity contribution in [3.63, 3.8) is 0 Å². The number of anilines is 1. The third kappa shape index (κ3) is 10.9. The lowest BCUT2D eigenvalue weighted by Crippen LogP contribution is -2.14. The quantitative estimate of drug-likeness (QED) is 0.0914. The average molecular weight is 584 g/mol. The Labute approximate surface area is 247 Å². The minimum absolute atomic E-state index is 0.0362. The van der Waals surface area contributed by atoms with E-state index in [1.165, 1.54) is 63.9 Å². The van der Waals surface area contributed by atoms with E-state index in [1.54, 1.807) is 43.3 Å². The maximum Gasteiger partial charge on any atom is 0.344 e. The zero-order valence-electron chi connectivity index (χ0n) is 24.3. The summed E-state index contributed by atoms with van der Waals surface area (Å²) in [5, 5.41) is 3.98. The number of unbranched alkanes of at least 4 members (excludes halogenated alkanes) is 10. The molecule has 1 N–H and O–H groups in total. The summed E-state index contributed by atoms with van der Waals surface area (Å²) in [5.41, 5.74) is 1.59. The third-order valence-corrected chi connectivity index (χ3v) is 7.24. The van der Waals surface area contributed by atoms with Gasteiger partial charge >= 0.3 is 11.6 Å². The molecule has 2 aromatic carbocycles. The van der Waals surface area contributed by atoms with Crippen molar-refractivity contribution >= 4 is 40.1 Å². The van der Waals surface area contributed by atoms with E-state index in [2.05, 4.69) is 12.2 Å². The van der Waals surface area contributed by atoms with Crippen LogP contribution in [0.1, 0.15) is 90.9 Å². The van der Waals surface area contributed by atoms with Crippen LogP contribution < -0.4 is 15.7 Å². The van der Waals surface area contributed by atoms with E-state index in [4.69, 9.17) is 25.5 Å². The Morgan fingerprint density at radius 2 is 1.51 bits per heavy atom. The van der Waals surface area contributed by atoms with E-state index in [0.717, 1.165) is 12.8 Å². The van der Waals surface area contributed by atoms with E-state index >= 15 is 0 Å². The molecule has 0 aliphatic heterocycles. The molecule has 0 atom stereocenters. The van der Waals surface area contributed by atoms with Gasteiger partial charge in [0.15, 0.2) is 6.61 Å². The first kappa shape index (κ1) is 32.2. The number of hydrogen-bond acceptors (Lipinski definition) is 6. The van der Waals surface area contributed by atoms with Gasteiger partial charge in [-0.2, -0.15) is 0 Å². The van der Waals surface area contributed by atoms with E-state index in [1.807, 2.05) is 0 Å². The first-order valence-corrected chi connectivity index (χ1v) is 15.2. The molecule has 1 amide bonds. The van der Waals surface area contributed by atoms with Crippen molar-refractivity contribution < 1.29 is 23.5 Å². The first-order chi connectivity index (χ1) is 19.9. The average Bonchev–Trinajstić information content (AvgIpc) is 2.94. The number of esters is 1. The molecular weight excluding hydrogens is 542 g/mol. The molecule has 0 radical (unpaired) electrons. The van der Waals surface area contributed by atoms with Crippen LogP contribution >= 0.6 is 11.6 Å². The van der Waals surface area contributed by atoms with Crippen LogP contribution in [0.5, 0.6) is 5.75 Å². The summed E-state index contributed by atoms with van der Waals surface area (Å²) in [5.74, 6) is -0.153. The summed E-state index contributed by atoms with van der Waals surface area (Å²) < 4.78 is 15.7. The van der Waals surface area contributed by atoms with Crippen LogP contribution in [0.25, 0.3) is 22.1 Å². The normalized spacial score (nSPS) is 11.0. The monoisotopic (exact) mass is 583 g/mol. The second kappa shape index (κ2) is 17.5. The Bertz CT molecular complexity index is 1340. The lowest BCUT2D eigenvalue weighted by atomic mass is 10.0. The number of carbonyl (C=O) groups is 2. The van der Waals surface area contributed by atoms with E-state index in [-0.39, 0.29) is 19.1 Å².